The highest BCUT2D eigenvalue weighted by Gasteiger charge is 2.51. The molecule has 0 saturated heterocycles. The number of hydrogen-bond acceptors (Lipinski definition) is 3. The molecule has 1 heterocycles. The monoisotopic (exact) mass is 251 g/mol. The van der Waals surface area contributed by atoms with E-state index >= 15 is 0 Å². The van der Waals surface area contributed by atoms with Crippen LogP contribution in [0.25, 0.3) is 0 Å². The van der Waals surface area contributed by atoms with Crippen LogP contribution < -0.4 is 5.32 Å². The van der Waals surface area contributed by atoms with E-state index in [1.807, 2.05) is 14.0 Å². The Hall–Kier alpha value is -1.85. The van der Waals surface area contributed by atoms with Crippen molar-refractivity contribution in [1.82, 2.24) is 15.1 Å². The van der Waals surface area contributed by atoms with Crippen LogP contribution >= 0.6 is 0 Å². The van der Waals surface area contributed by atoms with Crippen molar-refractivity contribution < 1.29 is 14.7 Å². The molecule has 0 radical (unpaired) electrons. The third-order valence-corrected chi connectivity index (χ3v) is 3.83. The molecule has 2 rings (SSSR count). The quantitative estimate of drug-likeness (QED) is 0.767. The van der Waals surface area contributed by atoms with Crippen molar-refractivity contribution in [3.05, 3.63) is 17.5 Å². The third kappa shape index (κ3) is 1.87. The number of carbonyl (C=O) groups excluding carboxylic acids is 1. The van der Waals surface area contributed by atoms with E-state index in [1.54, 1.807) is 10.9 Å². The first kappa shape index (κ1) is 12.6. The van der Waals surface area contributed by atoms with Crippen LogP contribution in [0.2, 0.25) is 0 Å². The van der Waals surface area contributed by atoms with Crippen molar-refractivity contribution in [3.8, 4) is 0 Å². The summed E-state index contributed by atoms with van der Waals surface area (Å²) in [6.07, 6.45) is 3.34. The van der Waals surface area contributed by atoms with E-state index in [2.05, 4.69) is 10.4 Å². The van der Waals surface area contributed by atoms with Crippen LogP contribution in [0.4, 0.5) is 0 Å². The molecule has 2 N–H and O–H groups in total. The van der Waals surface area contributed by atoms with Crippen LogP contribution in [0.1, 0.15) is 30.5 Å². The molecular weight excluding hydrogens is 234 g/mol. The number of aromatic nitrogens is 2. The Bertz CT molecular complexity index is 489. The molecule has 1 aliphatic carbocycles. The second-order valence-electron chi connectivity index (χ2n) is 4.80. The van der Waals surface area contributed by atoms with Gasteiger partial charge in [0.15, 0.2) is 0 Å². The smallest absolute Gasteiger partial charge is 0.319 e. The molecule has 98 valence electrons. The number of aryl methyl sites for hydroxylation is 1. The maximum atomic E-state index is 12.0. The molecule has 0 bridgehead atoms. The second-order valence-corrected chi connectivity index (χ2v) is 4.80. The number of nitrogens with zero attached hydrogens (tertiary/aromatic N) is 2. The lowest BCUT2D eigenvalue weighted by molar-refractivity contribution is -0.162. The number of hydrogen-bond donors (Lipinski definition) is 2. The van der Waals surface area contributed by atoms with Gasteiger partial charge in [-0.05, 0) is 19.8 Å². The first-order valence-electron chi connectivity index (χ1n) is 5.96. The molecule has 1 fully saturated rings. The average molecular weight is 251 g/mol. The van der Waals surface area contributed by atoms with Crippen molar-refractivity contribution in [2.24, 2.45) is 12.5 Å². The molecule has 18 heavy (non-hydrogen) atoms. The van der Waals surface area contributed by atoms with Crippen LogP contribution in [0.5, 0.6) is 0 Å². The largest absolute Gasteiger partial charge is 0.480 e. The summed E-state index contributed by atoms with van der Waals surface area (Å²) >= 11 is 0. The number of aliphatic carboxylic acids is 1. The molecule has 1 aromatic heterocycles. The summed E-state index contributed by atoms with van der Waals surface area (Å²) in [5.74, 6) is -1.40. The Morgan fingerprint density at radius 3 is 2.61 bits per heavy atom. The van der Waals surface area contributed by atoms with Crippen LogP contribution in [-0.4, -0.2) is 26.8 Å². The molecule has 6 heteroatoms. The normalized spacial score (nSPS) is 17.0. The maximum Gasteiger partial charge on any atom is 0.319 e. The van der Waals surface area contributed by atoms with Gasteiger partial charge in [0.25, 0.3) is 0 Å². The van der Waals surface area contributed by atoms with Crippen molar-refractivity contribution in [3.63, 3.8) is 0 Å². The number of carboxylic acids is 1. The van der Waals surface area contributed by atoms with Gasteiger partial charge in [0.1, 0.15) is 5.41 Å². The summed E-state index contributed by atoms with van der Waals surface area (Å²) in [6, 6.07) is 0. The van der Waals surface area contributed by atoms with Gasteiger partial charge in [-0.3, -0.25) is 14.3 Å². The molecule has 1 aliphatic rings. The van der Waals surface area contributed by atoms with Crippen molar-refractivity contribution in [1.29, 1.82) is 0 Å². The number of rotatable bonds is 4. The second kappa shape index (κ2) is 4.44. The Labute approximate surface area is 105 Å². The fourth-order valence-electron chi connectivity index (χ4n) is 2.13. The first-order chi connectivity index (χ1) is 8.47. The minimum absolute atomic E-state index is 0.327. The van der Waals surface area contributed by atoms with Crippen LogP contribution in [0.3, 0.4) is 0 Å². The van der Waals surface area contributed by atoms with Gasteiger partial charge in [0.2, 0.25) is 5.91 Å². The highest BCUT2D eigenvalue weighted by atomic mass is 16.4. The summed E-state index contributed by atoms with van der Waals surface area (Å²) in [4.78, 5) is 23.1. The van der Waals surface area contributed by atoms with Crippen LogP contribution in [0, 0.1) is 12.3 Å². The number of carboxylic acid groups (broad SMARTS) is 1. The summed E-state index contributed by atoms with van der Waals surface area (Å²) in [7, 11) is 1.82. The van der Waals surface area contributed by atoms with Crippen molar-refractivity contribution in [2.45, 2.75) is 32.7 Å². The van der Waals surface area contributed by atoms with Gasteiger partial charge in [0.05, 0.1) is 6.20 Å². The van der Waals surface area contributed by atoms with E-state index in [-0.39, 0.29) is 5.91 Å². The molecule has 1 aromatic rings. The molecule has 0 aliphatic heterocycles. The molecular formula is C12H17N3O3. The summed E-state index contributed by atoms with van der Waals surface area (Å²) in [5.41, 5.74) is 0.676. The van der Waals surface area contributed by atoms with E-state index in [1.165, 1.54) is 0 Å². The third-order valence-electron chi connectivity index (χ3n) is 3.83. The summed E-state index contributed by atoms with van der Waals surface area (Å²) in [6.45, 7) is 2.23. The Balaban J connectivity index is 2.00. The van der Waals surface area contributed by atoms with E-state index in [0.717, 1.165) is 17.7 Å². The minimum Gasteiger partial charge on any atom is -0.480 e. The zero-order valence-electron chi connectivity index (χ0n) is 10.6. The fourth-order valence-corrected chi connectivity index (χ4v) is 2.13. The topological polar surface area (TPSA) is 84.2 Å². The van der Waals surface area contributed by atoms with Crippen molar-refractivity contribution in [2.75, 3.05) is 0 Å². The molecule has 6 nitrogen and oxygen atoms in total. The predicted octanol–water partition coefficient (Wildman–Crippen LogP) is 0.600. The predicted molar refractivity (Wildman–Crippen MR) is 63.7 cm³/mol. The average Bonchev–Trinajstić information content (AvgIpc) is 2.55. The van der Waals surface area contributed by atoms with Gasteiger partial charge >= 0.3 is 5.97 Å². The van der Waals surface area contributed by atoms with Gasteiger partial charge in [-0.15, -0.1) is 0 Å². The van der Waals surface area contributed by atoms with Crippen LogP contribution in [0.15, 0.2) is 6.20 Å². The Morgan fingerprint density at radius 2 is 2.22 bits per heavy atom. The first-order valence-corrected chi connectivity index (χ1v) is 5.96. The van der Waals surface area contributed by atoms with Crippen LogP contribution in [-0.2, 0) is 23.2 Å². The maximum absolute atomic E-state index is 12.0. The molecule has 1 amide bonds. The zero-order valence-corrected chi connectivity index (χ0v) is 10.6. The zero-order chi connectivity index (χ0) is 13.3. The molecule has 0 aromatic carbocycles. The minimum atomic E-state index is -1.20. The van der Waals surface area contributed by atoms with Crippen molar-refractivity contribution >= 4 is 11.9 Å². The molecule has 0 spiro atoms. The Kier molecular flexibility index (Phi) is 3.11. The number of nitrogens with one attached hydrogen (secondary N) is 1. The van der Waals surface area contributed by atoms with E-state index in [9.17, 15) is 9.59 Å². The van der Waals surface area contributed by atoms with Gasteiger partial charge in [-0.2, -0.15) is 5.10 Å². The summed E-state index contributed by atoms with van der Waals surface area (Å²) in [5, 5.41) is 15.9. The van der Waals surface area contributed by atoms with E-state index < -0.39 is 11.4 Å². The van der Waals surface area contributed by atoms with E-state index in [4.69, 9.17) is 5.11 Å². The van der Waals surface area contributed by atoms with Gasteiger partial charge in [-0.1, -0.05) is 6.42 Å². The lowest BCUT2D eigenvalue weighted by Crippen LogP contribution is -2.50. The standard InChI is InChI=1S/C12H17N3O3/c1-8-9(7-14-15(8)2)6-13-10(16)12(11(17)18)4-3-5-12/h7H,3-6H2,1-2H3,(H,13,16)(H,17,18). The molecule has 0 unspecified atom stereocenters. The SMILES string of the molecule is Cc1c(CNC(=O)C2(C(=O)O)CCC2)cnn1C. The fraction of sp³-hybridized carbons (Fsp3) is 0.583. The lowest BCUT2D eigenvalue weighted by Gasteiger charge is -2.35. The number of carbonyl (C=O) groups is 2. The van der Waals surface area contributed by atoms with Gasteiger partial charge in [-0.25, -0.2) is 0 Å². The highest BCUT2D eigenvalue weighted by molar-refractivity contribution is 6.02. The number of amides is 1. The Morgan fingerprint density at radius 1 is 1.56 bits per heavy atom. The molecule has 1 saturated carbocycles. The molecule has 0 atom stereocenters. The van der Waals surface area contributed by atoms with Gasteiger partial charge < -0.3 is 10.4 Å². The van der Waals surface area contributed by atoms with E-state index in [0.29, 0.717) is 19.4 Å². The summed E-state index contributed by atoms with van der Waals surface area (Å²) < 4.78 is 1.72. The highest BCUT2D eigenvalue weighted by Crippen LogP contribution is 2.41. The van der Waals surface area contributed by atoms with Gasteiger partial charge in [0, 0.05) is 24.8 Å². The lowest BCUT2D eigenvalue weighted by atomic mass is 9.68.